The topological polar surface area (TPSA) is 57.8 Å². The average molecular weight is 281 g/mol. The lowest BCUT2D eigenvalue weighted by molar-refractivity contribution is 0.102. The predicted octanol–water partition coefficient (Wildman–Crippen LogP) is 3.47. The van der Waals surface area contributed by atoms with Crippen LogP contribution in [-0.2, 0) is 0 Å². The summed E-state index contributed by atoms with van der Waals surface area (Å²) in [6.45, 7) is 0. The molecule has 0 bridgehead atoms. The van der Waals surface area contributed by atoms with Crippen molar-refractivity contribution in [3.8, 4) is 11.4 Å². The molecule has 0 saturated carbocycles. The molecule has 0 radical (unpaired) electrons. The van der Waals surface area contributed by atoms with Crippen LogP contribution in [0.2, 0.25) is 0 Å². The van der Waals surface area contributed by atoms with Crippen molar-refractivity contribution < 1.29 is 9.18 Å². The lowest BCUT2D eigenvalue weighted by atomic mass is 10.1. The molecule has 3 aromatic rings. The molecule has 21 heavy (non-hydrogen) atoms. The summed E-state index contributed by atoms with van der Waals surface area (Å²) in [6.07, 6.45) is 3.41. The molecule has 1 amide bonds. The minimum Gasteiger partial charge on any atom is -0.345 e. The van der Waals surface area contributed by atoms with E-state index in [0.717, 1.165) is 11.4 Å². The summed E-state index contributed by atoms with van der Waals surface area (Å²) in [6, 6.07) is 13.0. The van der Waals surface area contributed by atoms with Crippen molar-refractivity contribution in [2.45, 2.75) is 0 Å². The van der Waals surface area contributed by atoms with Crippen LogP contribution in [0.3, 0.4) is 0 Å². The molecule has 2 aromatic carbocycles. The molecule has 0 unspecified atom stereocenters. The van der Waals surface area contributed by atoms with Gasteiger partial charge in [-0.25, -0.2) is 9.37 Å². The Kier molecular flexibility index (Phi) is 3.47. The third-order valence-electron chi connectivity index (χ3n) is 3.03. The Hall–Kier alpha value is -2.95. The van der Waals surface area contributed by atoms with Gasteiger partial charge in [-0.1, -0.05) is 12.1 Å². The van der Waals surface area contributed by atoms with E-state index in [0.29, 0.717) is 5.69 Å². The molecular formula is C16H12FN3O. The van der Waals surface area contributed by atoms with Crippen LogP contribution in [0.5, 0.6) is 0 Å². The maximum atomic E-state index is 13.5. The highest BCUT2D eigenvalue weighted by atomic mass is 19.1. The number of carbonyl (C=O) groups excluding carboxylic acids is 1. The molecular weight excluding hydrogens is 269 g/mol. The molecule has 0 spiro atoms. The van der Waals surface area contributed by atoms with Crippen LogP contribution in [0.4, 0.5) is 10.1 Å². The number of rotatable bonds is 3. The molecule has 0 aliphatic rings. The molecule has 0 fully saturated rings. The van der Waals surface area contributed by atoms with Crippen LogP contribution in [0, 0.1) is 5.82 Å². The zero-order chi connectivity index (χ0) is 14.7. The van der Waals surface area contributed by atoms with Crippen LogP contribution < -0.4 is 5.32 Å². The maximum Gasteiger partial charge on any atom is 0.258 e. The number of nitrogens with zero attached hydrogens (tertiary/aromatic N) is 1. The Morgan fingerprint density at radius 1 is 1.10 bits per heavy atom. The second-order valence-corrected chi connectivity index (χ2v) is 4.45. The first kappa shape index (κ1) is 13.1. The van der Waals surface area contributed by atoms with Gasteiger partial charge in [-0.3, -0.25) is 4.79 Å². The summed E-state index contributed by atoms with van der Waals surface area (Å²) in [4.78, 5) is 19.1. The van der Waals surface area contributed by atoms with Crippen LogP contribution in [0.1, 0.15) is 10.4 Å². The van der Waals surface area contributed by atoms with Gasteiger partial charge in [0, 0.05) is 23.6 Å². The molecule has 1 heterocycles. The number of carbonyl (C=O) groups is 1. The number of H-pyrrole nitrogens is 1. The summed E-state index contributed by atoms with van der Waals surface area (Å²) in [5.41, 5.74) is 1.52. The molecule has 3 rings (SSSR count). The summed E-state index contributed by atoms with van der Waals surface area (Å²) in [7, 11) is 0. The highest BCUT2D eigenvalue weighted by molar-refractivity contribution is 6.04. The number of anilines is 1. The third-order valence-corrected chi connectivity index (χ3v) is 3.03. The van der Waals surface area contributed by atoms with Gasteiger partial charge in [0.15, 0.2) is 0 Å². The number of aromatic nitrogens is 2. The van der Waals surface area contributed by atoms with Crippen molar-refractivity contribution in [2.24, 2.45) is 0 Å². The van der Waals surface area contributed by atoms with E-state index in [4.69, 9.17) is 0 Å². The number of nitrogens with one attached hydrogen (secondary N) is 2. The smallest absolute Gasteiger partial charge is 0.258 e. The van der Waals surface area contributed by atoms with Gasteiger partial charge >= 0.3 is 0 Å². The zero-order valence-corrected chi connectivity index (χ0v) is 11.0. The van der Waals surface area contributed by atoms with E-state index in [1.54, 1.807) is 36.7 Å². The van der Waals surface area contributed by atoms with E-state index in [2.05, 4.69) is 15.3 Å². The van der Waals surface area contributed by atoms with Gasteiger partial charge in [0.05, 0.1) is 5.56 Å². The number of imidazole rings is 1. The average Bonchev–Trinajstić information content (AvgIpc) is 3.02. The number of hydrogen-bond donors (Lipinski definition) is 2. The maximum absolute atomic E-state index is 13.5. The van der Waals surface area contributed by atoms with Crippen LogP contribution >= 0.6 is 0 Å². The van der Waals surface area contributed by atoms with Crippen LogP contribution in [-0.4, -0.2) is 15.9 Å². The van der Waals surface area contributed by atoms with Gasteiger partial charge < -0.3 is 10.3 Å². The first-order valence-corrected chi connectivity index (χ1v) is 6.40. The molecule has 104 valence electrons. The molecule has 0 atom stereocenters. The van der Waals surface area contributed by atoms with Gasteiger partial charge in [-0.05, 0) is 36.4 Å². The van der Waals surface area contributed by atoms with E-state index in [9.17, 15) is 9.18 Å². The van der Waals surface area contributed by atoms with E-state index < -0.39 is 11.7 Å². The van der Waals surface area contributed by atoms with Gasteiger partial charge in [-0.2, -0.15) is 0 Å². The van der Waals surface area contributed by atoms with Crippen molar-refractivity contribution in [1.82, 2.24) is 9.97 Å². The molecule has 2 N–H and O–H groups in total. The number of aromatic amines is 1. The normalized spacial score (nSPS) is 10.3. The number of amides is 1. The number of halogens is 1. The summed E-state index contributed by atoms with van der Waals surface area (Å²) < 4.78 is 13.5. The van der Waals surface area contributed by atoms with Crippen LogP contribution in [0.25, 0.3) is 11.4 Å². The standard InChI is InChI=1S/C16H12FN3O/c17-14-4-2-1-3-13(14)16(21)20-12-7-5-11(6-8-12)15-18-9-10-19-15/h1-10H,(H,18,19)(H,20,21). The largest absolute Gasteiger partial charge is 0.345 e. The summed E-state index contributed by atoms with van der Waals surface area (Å²) in [5, 5.41) is 2.66. The SMILES string of the molecule is O=C(Nc1ccc(-c2ncc[nH]2)cc1)c1ccccc1F. The quantitative estimate of drug-likeness (QED) is 0.772. The minimum atomic E-state index is -0.540. The van der Waals surface area contributed by atoms with Gasteiger partial charge in [-0.15, -0.1) is 0 Å². The number of hydrogen-bond acceptors (Lipinski definition) is 2. The number of benzene rings is 2. The zero-order valence-electron chi connectivity index (χ0n) is 11.0. The Balaban J connectivity index is 1.77. The van der Waals surface area contributed by atoms with Crippen LogP contribution in [0.15, 0.2) is 60.9 Å². The fourth-order valence-electron chi connectivity index (χ4n) is 1.98. The van der Waals surface area contributed by atoms with E-state index >= 15 is 0 Å². The highest BCUT2D eigenvalue weighted by Crippen LogP contribution is 2.18. The monoisotopic (exact) mass is 281 g/mol. The molecule has 0 saturated heterocycles. The lowest BCUT2D eigenvalue weighted by Gasteiger charge is -2.06. The van der Waals surface area contributed by atoms with Crippen molar-refractivity contribution in [2.75, 3.05) is 5.32 Å². The van der Waals surface area contributed by atoms with Crippen molar-refractivity contribution in [3.05, 3.63) is 72.3 Å². The first-order valence-electron chi connectivity index (χ1n) is 6.40. The Morgan fingerprint density at radius 3 is 2.52 bits per heavy atom. The molecule has 0 aliphatic carbocycles. The first-order chi connectivity index (χ1) is 10.2. The molecule has 0 aliphatic heterocycles. The van der Waals surface area contributed by atoms with Gasteiger partial charge in [0.2, 0.25) is 0 Å². The molecule has 1 aromatic heterocycles. The fraction of sp³-hybridized carbons (Fsp3) is 0. The van der Waals surface area contributed by atoms with Crippen molar-refractivity contribution in [1.29, 1.82) is 0 Å². The Morgan fingerprint density at radius 2 is 1.86 bits per heavy atom. The Bertz CT molecular complexity index is 751. The summed E-state index contributed by atoms with van der Waals surface area (Å²) >= 11 is 0. The van der Waals surface area contributed by atoms with E-state index in [1.807, 2.05) is 12.1 Å². The second kappa shape index (κ2) is 5.58. The van der Waals surface area contributed by atoms with Gasteiger partial charge in [0.1, 0.15) is 11.6 Å². The van der Waals surface area contributed by atoms with E-state index in [-0.39, 0.29) is 5.56 Å². The predicted molar refractivity (Wildman–Crippen MR) is 78.4 cm³/mol. The van der Waals surface area contributed by atoms with E-state index in [1.165, 1.54) is 12.1 Å². The third kappa shape index (κ3) is 2.81. The van der Waals surface area contributed by atoms with Crippen molar-refractivity contribution in [3.63, 3.8) is 0 Å². The Labute approximate surface area is 120 Å². The van der Waals surface area contributed by atoms with Crippen molar-refractivity contribution >= 4 is 11.6 Å². The molecule has 4 nitrogen and oxygen atoms in total. The summed E-state index contributed by atoms with van der Waals surface area (Å²) in [5.74, 6) is -0.261. The second-order valence-electron chi connectivity index (χ2n) is 4.45. The highest BCUT2D eigenvalue weighted by Gasteiger charge is 2.10. The fourth-order valence-corrected chi connectivity index (χ4v) is 1.98. The van der Waals surface area contributed by atoms with Gasteiger partial charge in [0.25, 0.3) is 5.91 Å². The minimum absolute atomic E-state index is 0.0209. The lowest BCUT2D eigenvalue weighted by Crippen LogP contribution is -2.13. The molecule has 5 heteroatoms.